The smallest absolute Gasteiger partial charge is 0.326 e. The van der Waals surface area contributed by atoms with Gasteiger partial charge >= 0.3 is 5.97 Å². The fraction of sp³-hybridized carbons (Fsp3) is 0.800. The molecule has 0 aromatic carbocycles. The van der Waals surface area contributed by atoms with Gasteiger partial charge in [-0.05, 0) is 13.8 Å². The van der Waals surface area contributed by atoms with E-state index in [9.17, 15) is 9.00 Å². The minimum Gasteiger partial charge on any atom is -0.468 e. The number of methoxy groups -OCH3 is 1. The third-order valence-corrected chi connectivity index (χ3v) is 2.15. The summed E-state index contributed by atoms with van der Waals surface area (Å²) >= 11 is -2.18. The second kappa shape index (κ2) is 3.12. The van der Waals surface area contributed by atoms with Crippen LogP contribution in [0.1, 0.15) is 13.8 Å². The van der Waals surface area contributed by atoms with E-state index in [-0.39, 0.29) is 0 Å². The van der Waals surface area contributed by atoms with Crippen LogP contribution in [0.4, 0.5) is 0 Å². The molecule has 0 aromatic heterocycles. The normalized spacial score (nSPS) is 14.4. The molecule has 0 aliphatic carbocycles. The first-order valence-electron chi connectivity index (χ1n) is 2.62. The summed E-state index contributed by atoms with van der Waals surface area (Å²) in [6.07, 6.45) is 0. The van der Waals surface area contributed by atoms with Crippen LogP contribution in [-0.2, 0) is 20.6 Å². The topological polar surface area (TPSA) is 63.6 Å². The molecule has 0 aliphatic heterocycles. The molecule has 1 unspecified atom stereocenters. The van der Waals surface area contributed by atoms with Crippen molar-refractivity contribution in [2.75, 3.05) is 7.11 Å². The van der Waals surface area contributed by atoms with Gasteiger partial charge in [0.1, 0.15) is 0 Å². The Kier molecular flexibility index (Phi) is 2.98. The quantitative estimate of drug-likeness (QED) is 0.469. The lowest BCUT2D eigenvalue weighted by atomic mass is 10.2. The van der Waals surface area contributed by atoms with Gasteiger partial charge in [0.2, 0.25) is 0 Å². The zero-order valence-electron chi connectivity index (χ0n) is 6.08. The predicted molar refractivity (Wildman–Crippen MR) is 36.9 cm³/mol. The first kappa shape index (κ1) is 9.58. The average molecular weight is 166 g/mol. The predicted octanol–water partition coefficient (Wildman–Crippen LogP) is 0.160. The minimum atomic E-state index is -2.18. The number of hydrogen-bond acceptors (Lipinski definition) is 3. The van der Waals surface area contributed by atoms with Gasteiger partial charge in [-0.1, -0.05) is 0 Å². The Morgan fingerprint density at radius 2 is 2.00 bits per heavy atom. The third kappa shape index (κ3) is 1.78. The molecule has 0 bridgehead atoms. The maximum atomic E-state index is 10.7. The van der Waals surface area contributed by atoms with Crippen LogP contribution in [0.15, 0.2) is 0 Å². The van der Waals surface area contributed by atoms with Crippen LogP contribution in [0.3, 0.4) is 0 Å². The summed E-state index contributed by atoms with van der Waals surface area (Å²) in [7, 11) is 1.18. The number of rotatable bonds is 2. The monoisotopic (exact) mass is 166 g/mol. The maximum Gasteiger partial charge on any atom is 0.326 e. The fourth-order valence-corrected chi connectivity index (χ4v) is 0.543. The van der Waals surface area contributed by atoms with Gasteiger partial charge < -0.3 is 9.29 Å². The Balaban J connectivity index is 4.40. The highest BCUT2D eigenvalue weighted by atomic mass is 32.2. The van der Waals surface area contributed by atoms with E-state index in [0.29, 0.717) is 0 Å². The van der Waals surface area contributed by atoms with Gasteiger partial charge in [0.05, 0.1) is 7.11 Å². The second-order valence-corrected chi connectivity index (χ2v) is 3.77. The van der Waals surface area contributed by atoms with Gasteiger partial charge in [-0.2, -0.15) is 0 Å². The molecule has 0 rings (SSSR count). The van der Waals surface area contributed by atoms with Crippen molar-refractivity contribution in [3.8, 4) is 0 Å². The third-order valence-electron chi connectivity index (χ3n) is 1.11. The van der Waals surface area contributed by atoms with Gasteiger partial charge in [-0.3, -0.25) is 4.79 Å². The largest absolute Gasteiger partial charge is 0.468 e. The Morgan fingerprint density at radius 3 is 2.10 bits per heavy atom. The first-order chi connectivity index (χ1) is 4.42. The van der Waals surface area contributed by atoms with Crippen LogP contribution in [0.2, 0.25) is 0 Å². The summed E-state index contributed by atoms with van der Waals surface area (Å²) < 4.78 is 21.9. The maximum absolute atomic E-state index is 10.7. The Morgan fingerprint density at radius 1 is 1.60 bits per heavy atom. The lowest BCUT2D eigenvalue weighted by molar-refractivity contribution is -0.142. The molecule has 60 valence electrons. The molecule has 0 saturated carbocycles. The van der Waals surface area contributed by atoms with Gasteiger partial charge in [-0.15, -0.1) is 0 Å². The molecule has 1 N–H and O–H groups in total. The van der Waals surface area contributed by atoms with Crippen molar-refractivity contribution in [3.63, 3.8) is 0 Å². The van der Waals surface area contributed by atoms with E-state index in [1.807, 2.05) is 0 Å². The van der Waals surface area contributed by atoms with E-state index in [4.69, 9.17) is 4.55 Å². The van der Waals surface area contributed by atoms with E-state index < -0.39 is 21.8 Å². The highest BCUT2D eigenvalue weighted by Gasteiger charge is 2.35. The van der Waals surface area contributed by atoms with Gasteiger partial charge in [0.15, 0.2) is 15.8 Å². The molecule has 0 amide bonds. The molecule has 0 aromatic rings. The molecular formula is C5H10O4S. The van der Waals surface area contributed by atoms with Gasteiger partial charge in [0.25, 0.3) is 0 Å². The highest BCUT2D eigenvalue weighted by Crippen LogP contribution is 2.11. The number of carbonyl (C=O) groups excluding carboxylic acids is 1. The van der Waals surface area contributed by atoms with Crippen LogP contribution in [0, 0.1) is 0 Å². The molecule has 0 fully saturated rings. The standard InChI is InChI=1S/C5H10O4S/c1-5(2,10(7)8)4(6)9-3/h1-3H3,(H,7,8). The van der Waals surface area contributed by atoms with Crippen LogP contribution < -0.4 is 0 Å². The summed E-state index contributed by atoms with van der Waals surface area (Å²) in [5, 5.41) is 0. The Bertz CT molecular complexity index is 163. The van der Waals surface area contributed by atoms with Crippen LogP contribution in [0.5, 0.6) is 0 Å². The molecule has 0 saturated heterocycles. The molecule has 0 spiro atoms. The highest BCUT2D eigenvalue weighted by molar-refractivity contribution is 7.81. The summed E-state index contributed by atoms with van der Waals surface area (Å²) in [4.78, 5) is 10.7. The number of ether oxygens (including phenoxy) is 1. The van der Waals surface area contributed by atoms with Crippen molar-refractivity contribution in [3.05, 3.63) is 0 Å². The number of hydrogen-bond donors (Lipinski definition) is 1. The van der Waals surface area contributed by atoms with Crippen LogP contribution in [-0.4, -0.2) is 26.6 Å². The molecule has 0 aliphatic rings. The summed E-state index contributed by atoms with van der Waals surface area (Å²) in [5.41, 5.74) is 0. The Labute approximate surface area is 61.9 Å². The molecular weight excluding hydrogens is 156 g/mol. The minimum absolute atomic E-state index is 0.687. The summed E-state index contributed by atoms with van der Waals surface area (Å²) in [5.74, 6) is -0.687. The first-order valence-corrected chi connectivity index (χ1v) is 3.73. The van der Waals surface area contributed by atoms with Crippen LogP contribution >= 0.6 is 0 Å². The van der Waals surface area contributed by atoms with Crippen molar-refractivity contribution >= 4 is 17.0 Å². The number of carbonyl (C=O) groups is 1. The van der Waals surface area contributed by atoms with Crippen molar-refractivity contribution in [2.24, 2.45) is 0 Å². The van der Waals surface area contributed by atoms with Crippen molar-refractivity contribution in [1.29, 1.82) is 0 Å². The van der Waals surface area contributed by atoms with Crippen molar-refractivity contribution in [1.82, 2.24) is 0 Å². The zero-order valence-corrected chi connectivity index (χ0v) is 6.90. The van der Waals surface area contributed by atoms with E-state index in [0.717, 1.165) is 0 Å². The van der Waals surface area contributed by atoms with E-state index in [1.165, 1.54) is 21.0 Å². The SMILES string of the molecule is COC(=O)C(C)(C)S(=O)O. The number of esters is 1. The summed E-state index contributed by atoms with van der Waals surface area (Å²) in [6.45, 7) is 2.68. The lowest BCUT2D eigenvalue weighted by Crippen LogP contribution is -2.37. The van der Waals surface area contributed by atoms with E-state index >= 15 is 0 Å². The molecule has 10 heavy (non-hydrogen) atoms. The summed E-state index contributed by atoms with van der Waals surface area (Å²) in [6, 6.07) is 0. The van der Waals surface area contributed by atoms with Crippen LogP contribution in [0.25, 0.3) is 0 Å². The molecule has 1 atom stereocenters. The average Bonchev–Trinajstić information content (AvgIpc) is 1.86. The molecule has 4 nitrogen and oxygen atoms in total. The molecule has 5 heteroatoms. The van der Waals surface area contributed by atoms with Crippen molar-refractivity contribution in [2.45, 2.75) is 18.6 Å². The fourth-order valence-electron chi connectivity index (χ4n) is 0.317. The molecule has 0 radical (unpaired) electrons. The Hall–Kier alpha value is -0.420. The van der Waals surface area contributed by atoms with Gasteiger partial charge in [-0.25, -0.2) is 4.21 Å². The lowest BCUT2D eigenvalue weighted by Gasteiger charge is -2.15. The zero-order chi connectivity index (χ0) is 8.36. The molecule has 0 heterocycles. The van der Waals surface area contributed by atoms with E-state index in [2.05, 4.69) is 4.74 Å². The van der Waals surface area contributed by atoms with Crippen molar-refractivity contribution < 1.29 is 18.3 Å². The van der Waals surface area contributed by atoms with E-state index in [1.54, 1.807) is 0 Å². The van der Waals surface area contributed by atoms with Gasteiger partial charge in [0, 0.05) is 0 Å². The second-order valence-electron chi connectivity index (χ2n) is 2.25.